The maximum absolute atomic E-state index is 9.51. The van der Waals surface area contributed by atoms with Crippen LogP contribution in [0.1, 0.15) is 39.2 Å². The van der Waals surface area contributed by atoms with Gasteiger partial charge < -0.3 is 0 Å². The average Bonchev–Trinajstić information content (AvgIpc) is 2.29. The van der Waals surface area contributed by atoms with Crippen LogP contribution in [0.5, 0.6) is 0 Å². The average molecular weight is 270 g/mol. The molecule has 0 spiro atoms. The summed E-state index contributed by atoms with van der Waals surface area (Å²) in [6, 6.07) is 7.95. The summed E-state index contributed by atoms with van der Waals surface area (Å²) in [5.74, 6) is 0.462. The number of hydrogen-bond acceptors (Lipinski definition) is 1. The molecular formula is C14H17Cl2N. The molecule has 0 aliphatic heterocycles. The molecule has 0 saturated carbocycles. The van der Waals surface area contributed by atoms with Gasteiger partial charge in [0.25, 0.3) is 0 Å². The Morgan fingerprint density at radius 3 is 2.35 bits per heavy atom. The molecule has 1 aromatic rings. The number of rotatable bonds is 4. The smallest absolute Gasteiger partial charge is 0.0822 e. The van der Waals surface area contributed by atoms with Crippen LogP contribution in [-0.4, -0.2) is 0 Å². The normalized spacial score (nSPS) is 14.4. The third kappa shape index (κ3) is 3.15. The molecule has 0 fully saturated rings. The number of nitriles is 1. The van der Waals surface area contributed by atoms with Gasteiger partial charge in [0.1, 0.15) is 0 Å². The second kappa shape index (κ2) is 5.76. The highest BCUT2D eigenvalue weighted by Gasteiger charge is 2.31. The second-order valence-corrected chi connectivity index (χ2v) is 5.59. The Bertz CT molecular complexity index is 434. The van der Waals surface area contributed by atoms with Crippen LogP contribution in [0.25, 0.3) is 0 Å². The Kier molecular flexibility index (Phi) is 4.86. The van der Waals surface area contributed by atoms with Gasteiger partial charge in [0.2, 0.25) is 0 Å². The van der Waals surface area contributed by atoms with Crippen LogP contribution in [0.3, 0.4) is 0 Å². The van der Waals surface area contributed by atoms with Crippen LogP contribution in [-0.2, 0) is 5.41 Å². The Balaban J connectivity index is 3.23. The number of benzene rings is 1. The van der Waals surface area contributed by atoms with E-state index in [1.807, 2.05) is 19.1 Å². The molecule has 17 heavy (non-hydrogen) atoms. The maximum atomic E-state index is 9.51. The zero-order chi connectivity index (χ0) is 13.1. The van der Waals surface area contributed by atoms with Gasteiger partial charge in [-0.05, 0) is 36.5 Å². The van der Waals surface area contributed by atoms with Crippen molar-refractivity contribution in [2.45, 2.75) is 39.0 Å². The third-order valence-corrected chi connectivity index (χ3v) is 3.79. The number of nitrogens with zero attached hydrogens (tertiary/aromatic N) is 1. The van der Waals surface area contributed by atoms with Crippen molar-refractivity contribution >= 4 is 23.2 Å². The first-order valence-corrected chi connectivity index (χ1v) is 6.57. The van der Waals surface area contributed by atoms with E-state index in [0.29, 0.717) is 16.0 Å². The standard InChI is InChI=1S/C14H17Cl2N/c1-4-14(9-17,8-10(2)3)11-5-6-12(15)13(16)7-11/h5-7,10H,4,8H2,1-3H3. The molecule has 0 aliphatic rings. The molecule has 1 atom stereocenters. The van der Waals surface area contributed by atoms with E-state index in [1.54, 1.807) is 6.07 Å². The summed E-state index contributed by atoms with van der Waals surface area (Å²) in [5.41, 5.74) is 0.508. The molecule has 3 heteroatoms. The van der Waals surface area contributed by atoms with Gasteiger partial charge in [-0.15, -0.1) is 0 Å². The summed E-state index contributed by atoms with van der Waals surface area (Å²) in [4.78, 5) is 0. The fourth-order valence-electron chi connectivity index (χ4n) is 2.15. The Hall–Kier alpha value is -0.710. The van der Waals surface area contributed by atoms with Crippen LogP contribution in [0.15, 0.2) is 18.2 Å². The van der Waals surface area contributed by atoms with E-state index in [-0.39, 0.29) is 0 Å². The molecule has 1 rings (SSSR count). The summed E-state index contributed by atoms with van der Waals surface area (Å²) >= 11 is 11.9. The highest BCUT2D eigenvalue weighted by molar-refractivity contribution is 6.42. The molecule has 1 nitrogen and oxygen atoms in total. The zero-order valence-corrected chi connectivity index (χ0v) is 11.9. The highest BCUT2D eigenvalue weighted by atomic mass is 35.5. The summed E-state index contributed by atoms with van der Waals surface area (Å²) in [5, 5.41) is 10.6. The minimum atomic E-state index is -0.456. The molecule has 0 radical (unpaired) electrons. The molecule has 0 saturated heterocycles. The predicted molar refractivity (Wildman–Crippen MR) is 73.5 cm³/mol. The quantitative estimate of drug-likeness (QED) is 0.736. The van der Waals surface area contributed by atoms with Gasteiger partial charge in [0.05, 0.1) is 21.5 Å². The lowest BCUT2D eigenvalue weighted by Gasteiger charge is -2.28. The van der Waals surface area contributed by atoms with E-state index < -0.39 is 5.41 Å². The summed E-state index contributed by atoms with van der Waals surface area (Å²) in [6.45, 7) is 6.28. The summed E-state index contributed by atoms with van der Waals surface area (Å²) in [6.07, 6.45) is 1.61. The minimum absolute atomic E-state index is 0.456. The van der Waals surface area contributed by atoms with Crippen molar-refractivity contribution < 1.29 is 0 Å². The first-order valence-electron chi connectivity index (χ1n) is 5.82. The molecule has 0 aliphatic carbocycles. The van der Waals surface area contributed by atoms with Gasteiger partial charge in [-0.3, -0.25) is 0 Å². The van der Waals surface area contributed by atoms with Gasteiger partial charge in [0, 0.05) is 0 Å². The zero-order valence-electron chi connectivity index (χ0n) is 10.4. The van der Waals surface area contributed by atoms with E-state index in [9.17, 15) is 5.26 Å². The van der Waals surface area contributed by atoms with Crippen LogP contribution < -0.4 is 0 Å². The van der Waals surface area contributed by atoms with Gasteiger partial charge in [-0.25, -0.2) is 0 Å². The van der Waals surface area contributed by atoms with Crippen LogP contribution >= 0.6 is 23.2 Å². The summed E-state index contributed by atoms with van der Waals surface area (Å²) in [7, 11) is 0. The van der Waals surface area contributed by atoms with Crippen molar-refractivity contribution in [1.29, 1.82) is 5.26 Å². The monoisotopic (exact) mass is 269 g/mol. The molecule has 1 aromatic carbocycles. The fourth-order valence-corrected chi connectivity index (χ4v) is 2.44. The molecule has 1 unspecified atom stereocenters. The summed E-state index contributed by atoms with van der Waals surface area (Å²) < 4.78 is 0. The third-order valence-electron chi connectivity index (χ3n) is 3.05. The van der Waals surface area contributed by atoms with Crippen LogP contribution in [0.2, 0.25) is 10.0 Å². The van der Waals surface area contributed by atoms with Crippen molar-refractivity contribution in [3.8, 4) is 6.07 Å². The Morgan fingerprint density at radius 1 is 1.29 bits per heavy atom. The molecular weight excluding hydrogens is 253 g/mol. The minimum Gasteiger partial charge on any atom is -0.197 e. The first-order chi connectivity index (χ1) is 7.95. The molecule has 0 amide bonds. The maximum Gasteiger partial charge on any atom is 0.0822 e. The van der Waals surface area contributed by atoms with Crippen LogP contribution in [0, 0.1) is 17.2 Å². The lowest BCUT2D eigenvalue weighted by molar-refractivity contribution is 0.408. The van der Waals surface area contributed by atoms with Gasteiger partial charge in [-0.1, -0.05) is 50.0 Å². The van der Waals surface area contributed by atoms with Crippen molar-refractivity contribution in [3.63, 3.8) is 0 Å². The van der Waals surface area contributed by atoms with Crippen molar-refractivity contribution in [2.24, 2.45) is 5.92 Å². The molecule has 0 heterocycles. The Morgan fingerprint density at radius 2 is 1.94 bits per heavy atom. The van der Waals surface area contributed by atoms with Crippen molar-refractivity contribution in [1.82, 2.24) is 0 Å². The predicted octanol–water partition coefficient (Wildman–Crippen LogP) is 5.21. The van der Waals surface area contributed by atoms with Crippen molar-refractivity contribution in [2.75, 3.05) is 0 Å². The number of hydrogen-bond donors (Lipinski definition) is 0. The lowest BCUT2D eigenvalue weighted by Crippen LogP contribution is -2.25. The lowest BCUT2D eigenvalue weighted by atomic mass is 9.74. The van der Waals surface area contributed by atoms with E-state index in [2.05, 4.69) is 19.9 Å². The van der Waals surface area contributed by atoms with Gasteiger partial charge in [0.15, 0.2) is 0 Å². The number of halogens is 2. The van der Waals surface area contributed by atoms with E-state index in [4.69, 9.17) is 23.2 Å². The van der Waals surface area contributed by atoms with E-state index in [1.165, 1.54) is 0 Å². The topological polar surface area (TPSA) is 23.8 Å². The molecule has 92 valence electrons. The van der Waals surface area contributed by atoms with Gasteiger partial charge >= 0.3 is 0 Å². The van der Waals surface area contributed by atoms with Crippen molar-refractivity contribution in [3.05, 3.63) is 33.8 Å². The first kappa shape index (κ1) is 14.4. The fraction of sp³-hybridized carbons (Fsp3) is 0.500. The molecule has 0 aromatic heterocycles. The van der Waals surface area contributed by atoms with E-state index in [0.717, 1.165) is 18.4 Å². The van der Waals surface area contributed by atoms with Crippen LogP contribution in [0.4, 0.5) is 0 Å². The Labute approximate surface area is 113 Å². The second-order valence-electron chi connectivity index (χ2n) is 4.77. The van der Waals surface area contributed by atoms with E-state index >= 15 is 0 Å². The SMILES string of the molecule is CCC(C#N)(CC(C)C)c1ccc(Cl)c(Cl)c1. The molecule has 0 bridgehead atoms. The van der Waals surface area contributed by atoms with Gasteiger partial charge in [-0.2, -0.15) is 5.26 Å². The largest absolute Gasteiger partial charge is 0.197 e. The molecule has 0 N–H and O–H groups in total. The highest BCUT2D eigenvalue weighted by Crippen LogP contribution is 2.36.